The zero-order chi connectivity index (χ0) is 14.7. The third kappa shape index (κ3) is 3.36. The number of carbonyl (C=O) groups is 1. The molecule has 1 saturated heterocycles. The second-order valence-electron chi connectivity index (χ2n) is 5.35. The van der Waals surface area contributed by atoms with Crippen LogP contribution in [0.15, 0.2) is 17.1 Å². The van der Waals surface area contributed by atoms with E-state index in [0.717, 1.165) is 36.3 Å². The summed E-state index contributed by atoms with van der Waals surface area (Å²) in [5.74, 6) is -0.430. The van der Waals surface area contributed by atoms with Crippen LogP contribution in [0.25, 0.3) is 0 Å². The van der Waals surface area contributed by atoms with Gasteiger partial charge < -0.3 is 15.7 Å². The summed E-state index contributed by atoms with van der Waals surface area (Å²) in [6.45, 7) is 3.94. The van der Waals surface area contributed by atoms with Gasteiger partial charge >= 0.3 is 5.97 Å². The lowest BCUT2D eigenvalue weighted by Gasteiger charge is -2.31. The molecule has 20 heavy (non-hydrogen) atoms. The van der Waals surface area contributed by atoms with Gasteiger partial charge in [-0.15, -0.1) is 0 Å². The van der Waals surface area contributed by atoms with Crippen LogP contribution in [0.3, 0.4) is 0 Å². The van der Waals surface area contributed by atoms with Crippen LogP contribution in [-0.2, 0) is 11.3 Å². The summed E-state index contributed by atoms with van der Waals surface area (Å²) < 4.78 is 1.09. The number of hydrogen-bond acceptors (Lipinski definition) is 5. The first-order valence-corrected chi connectivity index (χ1v) is 6.78. The Morgan fingerprint density at radius 1 is 1.55 bits per heavy atom. The first-order chi connectivity index (χ1) is 9.47. The van der Waals surface area contributed by atoms with Gasteiger partial charge in [-0.05, 0) is 18.8 Å². The highest BCUT2D eigenvalue weighted by Gasteiger charge is 2.18. The Hall–Kier alpha value is -1.89. The third-order valence-corrected chi connectivity index (χ3v) is 3.69. The number of nitrogens with zero attached hydrogens (tertiary/aromatic N) is 3. The van der Waals surface area contributed by atoms with E-state index in [2.05, 4.69) is 16.9 Å². The lowest BCUT2D eigenvalue weighted by molar-refractivity contribution is -0.138. The molecule has 2 heterocycles. The second-order valence-corrected chi connectivity index (χ2v) is 5.35. The molecule has 0 bridgehead atoms. The Labute approximate surface area is 117 Å². The molecule has 1 unspecified atom stereocenters. The molecule has 1 aliphatic heterocycles. The van der Waals surface area contributed by atoms with E-state index >= 15 is 0 Å². The lowest BCUT2D eigenvalue weighted by atomic mass is 9.99. The maximum absolute atomic E-state index is 11.9. The molecule has 1 aromatic heterocycles. The fourth-order valence-electron chi connectivity index (χ4n) is 2.27. The van der Waals surface area contributed by atoms with E-state index in [0.29, 0.717) is 5.92 Å². The van der Waals surface area contributed by atoms with Crippen molar-refractivity contribution in [2.45, 2.75) is 32.4 Å². The quantitative estimate of drug-likeness (QED) is 0.798. The van der Waals surface area contributed by atoms with Crippen LogP contribution in [0.5, 0.6) is 0 Å². The van der Waals surface area contributed by atoms with E-state index in [1.165, 1.54) is 6.07 Å². The van der Waals surface area contributed by atoms with Crippen molar-refractivity contribution >= 4 is 11.7 Å². The largest absolute Gasteiger partial charge is 0.480 e. The summed E-state index contributed by atoms with van der Waals surface area (Å²) >= 11 is 0. The average Bonchev–Trinajstić information content (AvgIpc) is 2.41. The Morgan fingerprint density at radius 3 is 2.75 bits per heavy atom. The second kappa shape index (κ2) is 6.04. The summed E-state index contributed by atoms with van der Waals surface area (Å²) in [6.07, 6.45) is 3.81. The standard InChI is InChI=1S/C13H20N4O3/c1-9-2-4-16(5-3-9)10-6-12(18)17(15-7-10)8-11(14)13(19)20/h6-7,9,11H,2-5,8,14H2,1H3,(H,19,20). The minimum absolute atomic E-state index is 0.120. The zero-order valence-corrected chi connectivity index (χ0v) is 11.5. The fraction of sp³-hybridized carbons (Fsp3) is 0.615. The van der Waals surface area contributed by atoms with E-state index in [9.17, 15) is 9.59 Å². The normalized spacial score (nSPS) is 18.0. The molecule has 1 atom stereocenters. The molecule has 110 valence electrons. The van der Waals surface area contributed by atoms with Crippen molar-refractivity contribution in [3.63, 3.8) is 0 Å². The number of hydrogen-bond donors (Lipinski definition) is 2. The van der Waals surface area contributed by atoms with Crippen molar-refractivity contribution in [2.24, 2.45) is 11.7 Å². The Balaban J connectivity index is 2.10. The highest BCUT2D eigenvalue weighted by atomic mass is 16.4. The topological polar surface area (TPSA) is 101 Å². The van der Waals surface area contributed by atoms with Crippen LogP contribution < -0.4 is 16.2 Å². The molecule has 0 spiro atoms. The minimum Gasteiger partial charge on any atom is -0.480 e. The summed E-state index contributed by atoms with van der Waals surface area (Å²) in [4.78, 5) is 24.7. The molecule has 0 radical (unpaired) electrons. The molecular weight excluding hydrogens is 260 g/mol. The van der Waals surface area contributed by atoms with Gasteiger partial charge in [-0.2, -0.15) is 5.10 Å². The predicted molar refractivity (Wildman–Crippen MR) is 74.7 cm³/mol. The van der Waals surface area contributed by atoms with Crippen molar-refractivity contribution < 1.29 is 9.90 Å². The van der Waals surface area contributed by atoms with Gasteiger partial charge in [0, 0.05) is 19.2 Å². The highest BCUT2D eigenvalue weighted by Crippen LogP contribution is 2.20. The maximum Gasteiger partial charge on any atom is 0.322 e. The van der Waals surface area contributed by atoms with Gasteiger partial charge in [0.15, 0.2) is 0 Å². The number of aliphatic carboxylic acids is 1. The van der Waals surface area contributed by atoms with Gasteiger partial charge in [-0.3, -0.25) is 9.59 Å². The predicted octanol–water partition coefficient (Wildman–Crippen LogP) is -0.108. The Bertz CT molecular complexity index is 535. The number of carboxylic acid groups (broad SMARTS) is 1. The fourth-order valence-corrected chi connectivity index (χ4v) is 2.27. The van der Waals surface area contributed by atoms with Crippen molar-refractivity contribution in [3.05, 3.63) is 22.6 Å². The van der Waals surface area contributed by atoms with Gasteiger partial charge in [0.25, 0.3) is 5.56 Å². The number of aromatic nitrogens is 2. The first kappa shape index (κ1) is 14.5. The van der Waals surface area contributed by atoms with Crippen LogP contribution in [0.1, 0.15) is 19.8 Å². The molecule has 7 heteroatoms. The first-order valence-electron chi connectivity index (χ1n) is 6.78. The number of carboxylic acids is 1. The zero-order valence-electron chi connectivity index (χ0n) is 11.5. The lowest BCUT2D eigenvalue weighted by Crippen LogP contribution is -2.39. The SMILES string of the molecule is CC1CCN(c2cnn(CC(N)C(=O)O)c(=O)c2)CC1. The van der Waals surface area contributed by atoms with Gasteiger partial charge in [0.2, 0.25) is 0 Å². The minimum atomic E-state index is -1.15. The average molecular weight is 280 g/mol. The summed E-state index contributed by atoms with van der Waals surface area (Å²) in [5, 5.41) is 12.8. The van der Waals surface area contributed by atoms with E-state index in [4.69, 9.17) is 10.8 Å². The monoisotopic (exact) mass is 280 g/mol. The highest BCUT2D eigenvalue weighted by molar-refractivity contribution is 5.72. The van der Waals surface area contributed by atoms with Gasteiger partial charge in [0.05, 0.1) is 18.4 Å². The van der Waals surface area contributed by atoms with Crippen LogP contribution in [0.4, 0.5) is 5.69 Å². The van der Waals surface area contributed by atoms with Crippen molar-refractivity contribution in [3.8, 4) is 0 Å². The van der Waals surface area contributed by atoms with Gasteiger partial charge in [0.1, 0.15) is 6.04 Å². The number of anilines is 1. The van der Waals surface area contributed by atoms with E-state index in [-0.39, 0.29) is 12.1 Å². The molecule has 0 aromatic carbocycles. The van der Waals surface area contributed by atoms with Crippen molar-refractivity contribution in [1.82, 2.24) is 9.78 Å². The van der Waals surface area contributed by atoms with Crippen LogP contribution in [-0.4, -0.2) is 40.0 Å². The summed E-state index contributed by atoms with van der Waals surface area (Å²) in [6, 6.07) is 0.374. The number of rotatable bonds is 4. The molecule has 1 aromatic rings. The molecule has 2 rings (SSSR count). The summed E-state index contributed by atoms with van der Waals surface area (Å²) in [5.41, 5.74) is 5.88. The molecule has 0 saturated carbocycles. The van der Waals surface area contributed by atoms with Gasteiger partial charge in [-0.1, -0.05) is 6.92 Å². The molecular formula is C13H20N4O3. The molecule has 0 aliphatic carbocycles. The molecule has 3 N–H and O–H groups in total. The number of nitrogens with two attached hydrogens (primary N) is 1. The third-order valence-electron chi connectivity index (χ3n) is 3.69. The van der Waals surface area contributed by atoms with Crippen LogP contribution in [0.2, 0.25) is 0 Å². The van der Waals surface area contributed by atoms with E-state index in [1.807, 2.05) is 0 Å². The molecule has 7 nitrogen and oxygen atoms in total. The Kier molecular flexibility index (Phi) is 4.39. The van der Waals surface area contributed by atoms with Crippen LogP contribution >= 0.6 is 0 Å². The van der Waals surface area contributed by atoms with Crippen molar-refractivity contribution in [2.75, 3.05) is 18.0 Å². The van der Waals surface area contributed by atoms with Crippen molar-refractivity contribution in [1.29, 1.82) is 0 Å². The van der Waals surface area contributed by atoms with E-state index in [1.54, 1.807) is 6.20 Å². The number of piperidine rings is 1. The Morgan fingerprint density at radius 2 is 2.20 bits per heavy atom. The molecule has 1 aliphatic rings. The molecule has 1 fully saturated rings. The summed E-state index contributed by atoms with van der Waals surface area (Å²) in [7, 11) is 0. The van der Waals surface area contributed by atoms with Gasteiger partial charge in [-0.25, -0.2) is 4.68 Å². The smallest absolute Gasteiger partial charge is 0.322 e. The molecule has 0 amide bonds. The maximum atomic E-state index is 11.9. The van der Waals surface area contributed by atoms with Crippen LogP contribution in [0, 0.1) is 5.92 Å². The van der Waals surface area contributed by atoms with E-state index < -0.39 is 12.0 Å².